The van der Waals surface area contributed by atoms with Crippen LogP contribution in [0.15, 0.2) is 66.7 Å². The molecule has 272 valence electrons. The van der Waals surface area contributed by atoms with Crippen LogP contribution >= 0.6 is 0 Å². The number of carbonyl (C=O) groups excluding carboxylic acids is 2. The third kappa shape index (κ3) is 12.8. The van der Waals surface area contributed by atoms with E-state index in [9.17, 15) is 22.8 Å². The molecule has 0 spiro atoms. The number of aryl methyl sites for hydroxylation is 3. The Bertz CT molecular complexity index is 1580. The molecule has 50 heavy (non-hydrogen) atoms. The lowest BCUT2D eigenvalue weighted by Crippen LogP contribution is -2.20. The van der Waals surface area contributed by atoms with Crippen LogP contribution in [0, 0.1) is 12.8 Å². The Hall–Kier alpha value is -4.35. The van der Waals surface area contributed by atoms with Crippen LogP contribution in [0.3, 0.4) is 0 Å². The van der Waals surface area contributed by atoms with Gasteiger partial charge in [0.25, 0.3) is 0 Å². The summed E-state index contributed by atoms with van der Waals surface area (Å²) in [5, 5.41) is 18.2. The molecule has 0 radical (unpaired) electrons. The van der Waals surface area contributed by atoms with E-state index < -0.39 is 37.1 Å². The molecule has 0 aliphatic rings. The van der Waals surface area contributed by atoms with Crippen LogP contribution in [-0.4, -0.2) is 68.0 Å². The first-order valence-corrected chi connectivity index (χ1v) is 16.8. The van der Waals surface area contributed by atoms with E-state index in [-0.39, 0.29) is 45.0 Å². The monoisotopic (exact) mass is 700 g/mol. The first-order valence-electron chi connectivity index (χ1n) is 16.8. The molecule has 0 aliphatic carbocycles. The van der Waals surface area contributed by atoms with Gasteiger partial charge in [-0.05, 0) is 90.6 Å². The highest BCUT2D eigenvalue weighted by Crippen LogP contribution is 2.34. The maximum absolute atomic E-state index is 12.5. The number of benzene rings is 3. The molecule has 0 aliphatic heterocycles. The molecule has 11 heteroatoms. The highest BCUT2D eigenvalue weighted by atomic mass is 19.4. The van der Waals surface area contributed by atoms with Crippen LogP contribution in [0.1, 0.15) is 56.2 Å². The minimum Gasteiger partial charge on any atom is -0.490 e. The van der Waals surface area contributed by atoms with E-state index in [1.54, 1.807) is 13.0 Å². The van der Waals surface area contributed by atoms with Crippen molar-refractivity contribution in [1.82, 2.24) is 0 Å². The Balaban J connectivity index is 1.78. The summed E-state index contributed by atoms with van der Waals surface area (Å²) in [4.78, 5) is 23.7. The van der Waals surface area contributed by atoms with Gasteiger partial charge in [0.1, 0.15) is 37.9 Å². The number of ether oxygens (including phenoxy) is 4. The van der Waals surface area contributed by atoms with E-state index in [1.165, 1.54) is 0 Å². The lowest BCUT2D eigenvalue weighted by molar-refractivity contribution is -0.150. The van der Waals surface area contributed by atoms with Gasteiger partial charge in [0.2, 0.25) is 0 Å². The van der Waals surface area contributed by atoms with Gasteiger partial charge in [-0.15, -0.1) is 0 Å². The second-order valence-electron chi connectivity index (χ2n) is 12.1. The Morgan fingerprint density at radius 2 is 1.46 bits per heavy atom. The number of aliphatic hydroxyl groups is 2. The molecule has 3 aromatic rings. The number of alkyl halides is 3. The van der Waals surface area contributed by atoms with Gasteiger partial charge in [-0.25, -0.2) is 4.79 Å². The highest BCUT2D eigenvalue weighted by Gasteiger charge is 2.25. The maximum atomic E-state index is 12.5. The molecule has 8 nitrogen and oxygen atoms in total. The number of esters is 2. The van der Waals surface area contributed by atoms with Gasteiger partial charge < -0.3 is 29.2 Å². The molecule has 1 atom stereocenters. The average molecular weight is 701 g/mol. The van der Waals surface area contributed by atoms with E-state index in [2.05, 4.69) is 43.8 Å². The topological polar surface area (TPSA) is 112 Å². The molecular weight excluding hydrogens is 653 g/mol. The molecule has 0 saturated heterocycles. The number of carbonyl (C=O) groups is 2. The number of halogens is 3. The van der Waals surface area contributed by atoms with Gasteiger partial charge in [-0.1, -0.05) is 56.3 Å². The van der Waals surface area contributed by atoms with Crippen molar-refractivity contribution in [3.8, 4) is 33.8 Å². The summed E-state index contributed by atoms with van der Waals surface area (Å²) in [5.41, 5.74) is 7.10. The van der Waals surface area contributed by atoms with E-state index >= 15 is 0 Å². The first kappa shape index (κ1) is 40.1. The van der Waals surface area contributed by atoms with Crippen LogP contribution in [-0.2, 0) is 31.9 Å². The number of hydrogen-bond donors (Lipinski definition) is 2. The zero-order valence-electron chi connectivity index (χ0n) is 28.9. The average Bonchev–Trinajstić information content (AvgIpc) is 3.10. The summed E-state index contributed by atoms with van der Waals surface area (Å²) >= 11 is 0. The Morgan fingerprint density at radius 1 is 0.800 bits per heavy atom. The summed E-state index contributed by atoms with van der Waals surface area (Å²) in [6.45, 7) is 8.31. The summed E-state index contributed by atoms with van der Waals surface area (Å²) in [5.74, 6) is -0.961. The van der Waals surface area contributed by atoms with Gasteiger partial charge in [0.05, 0.1) is 24.7 Å². The summed E-state index contributed by atoms with van der Waals surface area (Å²) in [6, 6.07) is 17.8. The molecule has 0 bridgehead atoms. The Kier molecular flexibility index (Phi) is 15.8. The van der Waals surface area contributed by atoms with Crippen molar-refractivity contribution < 1.29 is 51.9 Å². The molecule has 1 unspecified atom stereocenters. The summed E-state index contributed by atoms with van der Waals surface area (Å²) in [6.07, 6.45) is -1.97. The minimum atomic E-state index is -4.11. The van der Waals surface area contributed by atoms with Gasteiger partial charge in [-0.2, -0.15) is 13.2 Å². The molecule has 0 amide bonds. The van der Waals surface area contributed by atoms with Gasteiger partial charge in [0, 0.05) is 12.5 Å². The van der Waals surface area contributed by atoms with Crippen LogP contribution in [0.5, 0.6) is 11.5 Å². The molecular formula is C39H47F3O8. The third-order valence-electron chi connectivity index (χ3n) is 8.10. The number of rotatable bonds is 20. The largest absolute Gasteiger partial charge is 0.490 e. The van der Waals surface area contributed by atoms with E-state index in [4.69, 9.17) is 29.2 Å². The number of unbranched alkanes of at least 4 members (excludes halogenated alkanes) is 2. The van der Waals surface area contributed by atoms with E-state index in [0.29, 0.717) is 24.3 Å². The molecule has 3 aromatic carbocycles. The quantitative estimate of drug-likeness (QED) is 0.0706. The number of hydrogen-bond acceptors (Lipinski definition) is 8. The lowest BCUT2D eigenvalue weighted by atomic mass is 9.91. The lowest BCUT2D eigenvalue weighted by Gasteiger charge is -2.16. The fourth-order valence-corrected chi connectivity index (χ4v) is 5.19. The second kappa shape index (κ2) is 19.7. The third-order valence-corrected chi connectivity index (χ3v) is 8.10. The predicted molar refractivity (Wildman–Crippen MR) is 185 cm³/mol. The van der Waals surface area contributed by atoms with Crippen LogP contribution < -0.4 is 9.47 Å². The van der Waals surface area contributed by atoms with Gasteiger partial charge >= 0.3 is 18.1 Å². The zero-order valence-corrected chi connectivity index (χ0v) is 28.9. The van der Waals surface area contributed by atoms with Crippen molar-refractivity contribution in [3.63, 3.8) is 0 Å². The maximum Gasteiger partial charge on any atom is 0.389 e. The molecule has 0 fully saturated rings. The fourth-order valence-electron chi connectivity index (χ4n) is 5.19. The van der Waals surface area contributed by atoms with Crippen molar-refractivity contribution in [3.05, 3.63) is 83.4 Å². The van der Waals surface area contributed by atoms with Crippen molar-refractivity contribution in [2.24, 2.45) is 5.92 Å². The van der Waals surface area contributed by atoms with Crippen molar-refractivity contribution in [2.45, 2.75) is 65.5 Å². The number of aliphatic hydroxyl groups excluding tert-OH is 2. The second-order valence-corrected chi connectivity index (χ2v) is 12.1. The first-order chi connectivity index (χ1) is 23.8. The fraction of sp³-hybridized carbons (Fsp3) is 0.436. The Labute approximate surface area is 291 Å². The molecule has 2 N–H and O–H groups in total. The van der Waals surface area contributed by atoms with Gasteiger partial charge in [-0.3, -0.25) is 4.79 Å². The van der Waals surface area contributed by atoms with Crippen molar-refractivity contribution in [2.75, 3.05) is 39.6 Å². The van der Waals surface area contributed by atoms with Crippen LogP contribution in [0.2, 0.25) is 0 Å². The van der Waals surface area contributed by atoms with Crippen LogP contribution in [0.25, 0.3) is 22.3 Å². The predicted octanol–water partition coefficient (Wildman–Crippen LogP) is 7.58. The minimum absolute atomic E-state index is 0.0147. The molecule has 0 aromatic heterocycles. The summed E-state index contributed by atoms with van der Waals surface area (Å²) in [7, 11) is 0. The highest BCUT2D eigenvalue weighted by molar-refractivity contribution is 5.87. The van der Waals surface area contributed by atoms with Crippen molar-refractivity contribution >= 4 is 11.9 Å². The smallest absolute Gasteiger partial charge is 0.389 e. The normalized spacial score (nSPS) is 11.9. The van der Waals surface area contributed by atoms with E-state index in [0.717, 1.165) is 51.8 Å². The molecule has 0 heterocycles. The standard InChI is InChI=1S/C39H47F3O8/c1-5-29-20-31(12-13-36(29)32-11-10-30(26(2)19-32)9-7-6-8-14-39(40,41)42)33-21-34(47-15-17-49-37(45)27(3)24-43)23-35(22-33)48-16-18-50-38(46)28(4)25-44/h10-13,19-23,28,43-44H,3,5-9,14-18,24-25H2,1-2,4H3. The molecule has 0 saturated carbocycles. The Morgan fingerprint density at radius 3 is 2.06 bits per heavy atom. The van der Waals surface area contributed by atoms with Gasteiger partial charge in [0.15, 0.2) is 0 Å². The summed E-state index contributed by atoms with van der Waals surface area (Å²) < 4.78 is 59.4. The van der Waals surface area contributed by atoms with Crippen molar-refractivity contribution in [1.29, 1.82) is 0 Å². The van der Waals surface area contributed by atoms with Crippen LogP contribution in [0.4, 0.5) is 13.2 Å². The SMILES string of the molecule is C=C(CO)C(=O)OCCOc1cc(OCCOC(=O)C(C)CO)cc(-c2ccc(-c3ccc(CCCCCC(F)(F)F)c(C)c3)c(CC)c2)c1. The zero-order chi connectivity index (χ0) is 36.7. The van der Waals surface area contributed by atoms with E-state index in [1.807, 2.05) is 25.1 Å². The molecule has 3 rings (SSSR count).